The Balaban J connectivity index is 1.11. The number of carbonyl (C=O) groups is 1. The van der Waals surface area contributed by atoms with Gasteiger partial charge in [0, 0.05) is 37.5 Å². The van der Waals surface area contributed by atoms with Gasteiger partial charge in [-0.3, -0.25) is 4.90 Å². The second-order valence-electron chi connectivity index (χ2n) is 11.2. The Morgan fingerprint density at radius 3 is 2.62 bits per heavy atom. The number of nitrogens with zero attached hydrogens (tertiary/aromatic N) is 7. The SMILES string of the molecule is CCn1cncc1Cn1c(CN2CCC(Oc3ccc(F)c(OCc4ccc(C#N)cc4F)n3)CC2)nc2ccc(C(=O)OC)cc21. The fourth-order valence-corrected chi connectivity index (χ4v) is 5.65. The molecular formula is C34H33F2N7O4. The number of pyridine rings is 1. The van der Waals surface area contributed by atoms with Crippen LogP contribution in [0.2, 0.25) is 0 Å². The van der Waals surface area contributed by atoms with Crippen LogP contribution in [0.3, 0.4) is 0 Å². The number of carbonyl (C=O) groups excluding carboxylic acids is 1. The molecule has 2 aromatic carbocycles. The lowest BCUT2D eigenvalue weighted by molar-refractivity contribution is 0.0601. The number of rotatable bonds is 11. The molecule has 0 aliphatic carbocycles. The van der Waals surface area contributed by atoms with Crippen molar-refractivity contribution in [3.8, 4) is 17.8 Å². The molecule has 47 heavy (non-hydrogen) atoms. The number of esters is 1. The summed E-state index contributed by atoms with van der Waals surface area (Å²) in [5, 5.41) is 8.93. The number of methoxy groups -OCH3 is 1. The minimum atomic E-state index is -0.690. The molecule has 3 aromatic heterocycles. The molecular weight excluding hydrogens is 608 g/mol. The van der Waals surface area contributed by atoms with Gasteiger partial charge in [0.1, 0.15) is 24.4 Å². The lowest BCUT2D eigenvalue weighted by Crippen LogP contribution is -2.38. The van der Waals surface area contributed by atoms with Gasteiger partial charge in [0.2, 0.25) is 5.88 Å². The van der Waals surface area contributed by atoms with Crippen LogP contribution in [0.5, 0.6) is 11.8 Å². The molecule has 0 bridgehead atoms. The van der Waals surface area contributed by atoms with Gasteiger partial charge in [0.15, 0.2) is 5.82 Å². The maximum Gasteiger partial charge on any atom is 0.337 e. The molecule has 1 aliphatic rings. The standard InChI is InChI=1S/C34H33F2N7O4/c1-3-42-21-38-17-25(42)18-43-30-15-23(34(44)45-2)6-8-29(30)39-31(43)19-41-12-10-26(11-13-41)47-32-9-7-27(35)33(40-32)46-20-24-5-4-22(16-37)14-28(24)36/h4-9,14-15,17,21,26H,3,10-13,18-20H2,1-2H3. The number of piperidine rings is 1. The van der Waals surface area contributed by atoms with E-state index in [2.05, 4.69) is 30.9 Å². The molecule has 0 unspecified atom stereocenters. The number of ether oxygens (including phenoxy) is 3. The molecule has 11 nitrogen and oxygen atoms in total. The first-order chi connectivity index (χ1) is 22.8. The number of likely N-dealkylation sites (tertiary alicyclic amines) is 1. The second kappa shape index (κ2) is 14.0. The Hall–Kier alpha value is -5.35. The zero-order valence-electron chi connectivity index (χ0n) is 26.0. The highest BCUT2D eigenvalue weighted by Gasteiger charge is 2.24. The van der Waals surface area contributed by atoms with Gasteiger partial charge in [-0.05, 0) is 56.2 Å². The van der Waals surface area contributed by atoms with Crippen molar-refractivity contribution in [3.63, 3.8) is 0 Å². The second-order valence-corrected chi connectivity index (χ2v) is 11.2. The van der Waals surface area contributed by atoms with Crippen LogP contribution < -0.4 is 9.47 Å². The van der Waals surface area contributed by atoms with E-state index in [4.69, 9.17) is 24.5 Å². The molecule has 0 N–H and O–H groups in total. The van der Waals surface area contributed by atoms with Crippen LogP contribution in [0.25, 0.3) is 11.0 Å². The molecule has 0 amide bonds. The molecule has 1 fully saturated rings. The largest absolute Gasteiger partial charge is 0.474 e. The molecule has 1 aliphatic heterocycles. The van der Waals surface area contributed by atoms with Crippen molar-refractivity contribution >= 4 is 17.0 Å². The van der Waals surface area contributed by atoms with E-state index >= 15 is 0 Å². The number of aromatic nitrogens is 5. The summed E-state index contributed by atoms with van der Waals surface area (Å²) in [7, 11) is 1.36. The highest BCUT2D eigenvalue weighted by Crippen LogP contribution is 2.26. The lowest BCUT2D eigenvalue weighted by Gasteiger charge is -2.31. The van der Waals surface area contributed by atoms with E-state index in [1.807, 2.05) is 24.4 Å². The van der Waals surface area contributed by atoms with E-state index in [1.54, 1.807) is 12.4 Å². The van der Waals surface area contributed by atoms with Crippen molar-refractivity contribution in [2.45, 2.75) is 52.1 Å². The summed E-state index contributed by atoms with van der Waals surface area (Å²) in [6.07, 6.45) is 4.92. The predicted octanol–water partition coefficient (Wildman–Crippen LogP) is 5.25. The minimum Gasteiger partial charge on any atom is -0.474 e. The Morgan fingerprint density at radius 1 is 1.04 bits per heavy atom. The molecule has 4 heterocycles. The van der Waals surface area contributed by atoms with Gasteiger partial charge in [0.05, 0.1) is 60.5 Å². The third-order valence-corrected chi connectivity index (χ3v) is 8.23. The van der Waals surface area contributed by atoms with E-state index in [-0.39, 0.29) is 35.6 Å². The number of hydrogen-bond donors (Lipinski definition) is 0. The summed E-state index contributed by atoms with van der Waals surface area (Å²) in [6, 6.07) is 13.9. The van der Waals surface area contributed by atoms with Gasteiger partial charge in [-0.15, -0.1) is 0 Å². The quantitative estimate of drug-likeness (QED) is 0.178. The van der Waals surface area contributed by atoms with Crippen molar-refractivity contribution in [2.75, 3.05) is 20.2 Å². The third-order valence-electron chi connectivity index (χ3n) is 8.23. The number of imidazole rings is 2. The monoisotopic (exact) mass is 641 g/mol. The van der Waals surface area contributed by atoms with Crippen LogP contribution in [-0.4, -0.2) is 61.3 Å². The smallest absolute Gasteiger partial charge is 0.337 e. The lowest BCUT2D eigenvalue weighted by atomic mass is 10.1. The molecule has 13 heteroatoms. The topological polar surface area (TPSA) is 120 Å². The van der Waals surface area contributed by atoms with E-state index in [1.165, 1.54) is 31.4 Å². The van der Waals surface area contributed by atoms with Crippen molar-refractivity contribution in [1.82, 2.24) is 29.0 Å². The van der Waals surface area contributed by atoms with E-state index in [0.717, 1.165) is 48.3 Å². The van der Waals surface area contributed by atoms with Crippen LogP contribution >= 0.6 is 0 Å². The van der Waals surface area contributed by atoms with Gasteiger partial charge in [-0.25, -0.2) is 23.5 Å². The summed E-state index contributed by atoms with van der Waals surface area (Å²) in [4.78, 5) is 28.0. The number of halogens is 2. The molecule has 6 rings (SSSR count). The summed E-state index contributed by atoms with van der Waals surface area (Å²) >= 11 is 0. The van der Waals surface area contributed by atoms with Gasteiger partial charge in [-0.2, -0.15) is 10.2 Å². The van der Waals surface area contributed by atoms with Crippen molar-refractivity contribution < 1.29 is 27.8 Å². The number of hydrogen-bond acceptors (Lipinski definition) is 9. The number of fused-ring (bicyclic) bond motifs is 1. The Bertz CT molecular complexity index is 1940. The van der Waals surface area contributed by atoms with Gasteiger partial charge in [0.25, 0.3) is 5.88 Å². The molecule has 0 radical (unpaired) electrons. The van der Waals surface area contributed by atoms with E-state index in [9.17, 15) is 13.6 Å². The van der Waals surface area contributed by atoms with Crippen LogP contribution in [0, 0.1) is 23.0 Å². The van der Waals surface area contributed by atoms with Crippen LogP contribution in [0.1, 0.15) is 52.8 Å². The first kappa shape index (κ1) is 31.6. The third kappa shape index (κ3) is 7.07. The van der Waals surface area contributed by atoms with Crippen molar-refractivity contribution in [3.05, 3.63) is 101 Å². The molecule has 5 aromatic rings. The molecule has 1 saturated heterocycles. The van der Waals surface area contributed by atoms with E-state index in [0.29, 0.717) is 31.5 Å². The van der Waals surface area contributed by atoms with Gasteiger partial charge in [-0.1, -0.05) is 6.07 Å². The summed E-state index contributed by atoms with van der Waals surface area (Å²) in [6.45, 7) is 5.19. The first-order valence-corrected chi connectivity index (χ1v) is 15.3. The Morgan fingerprint density at radius 2 is 1.87 bits per heavy atom. The minimum absolute atomic E-state index is 0.145. The molecule has 0 spiro atoms. The number of benzene rings is 2. The fraction of sp³-hybridized carbons (Fsp3) is 0.324. The zero-order valence-corrected chi connectivity index (χ0v) is 26.0. The highest BCUT2D eigenvalue weighted by molar-refractivity contribution is 5.93. The summed E-state index contributed by atoms with van der Waals surface area (Å²) < 4.78 is 49.4. The molecule has 0 atom stereocenters. The van der Waals surface area contributed by atoms with Crippen molar-refractivity contribution in [2.24, 2.45) is 0 Å². The zero-order chi connectivity index (χ0) is 32.9. The average Bonchev–Trinajstić information content (AvgIpc) is 3.69. The Kier molecular flexibility index (Phi) is 9.40. The van der Waals surface area contributed by atoms with Crippen LogP contribution in [-0.2, 0) is 31.0 Å². The average molecular weight is 642 g/mol. The number of aryl methyl sites for hydroxylation is 1. The highest BCUT2D eigenvalue weighted by atomic mass is 19.1. The Labute approximate surface area is 270 Å². The van der Waals surface area contributed by atoms with Crippen molar-refractivity contribution in [1.29, 1.82) is 5.26 Å². The molecule has 242 valence electrons. The maximum atomic E-state index is 14.5. The van der Waals surface area contributed by atoms with Gasteiger partial charge < -0.3 is 23.3 Å². The van der Waals surface area contributed by atoms with Crippen LogP contribution in [0.4, 0.5) is 8.78 Å². The maximum absolute atomic E-state index is 14.5. The molecule has 0 saturated carbocycles. The summed E-state index contributed by atoms with van der Waals surface area (Å²) in [5.41, 5.74) is 3.48. The van der Waals surface area contributed by atoms with Gasteiger partial charge >= 0.3 is 5.97 Å². The number of nitriles is 1. The summed E-state index contributed by atoms with van der Waals surface area (Å²) in [5.74, 6) is -0.914. The predicted molar refractivity (Wildman–Crippen MR) is 167 cm³/mol. The van der Waals surface area contributed by atoms with E-state index < -0.39 is 17.6 Å². The normalized spacial score (nSPS) is 13.9. The first-order valence-electron chi connectivity index (χ1n) is 15.3. The fourth-order valence-electron chi connectivity index (χ4n) is 5.65. The van der Waals surface area contributed by atoms with Crippen LogP contribution in [0.15, 0.2) is 61.1 Å².